The number of alkyl halides is 2. The van der Waals surface area contributed by atoms with E-state index in [0.29, 0.717) is 28.0 Å². The largest absolute Gasteiger partial charge is 0.369 e. The Bertz CT molecular complexity index is 1030. The average molecular weight is 490 g/mol. The van der Waals surface area contributed by atoms with Crippen LogP contribution in [0.5, 0.6) is 0 Å². The Balaban J connectivity index is 1.63. The lowest BCUT2D eigenvalue weighted by atomic mass is 10.1. The fourth-order valence-electron chi connectivity index (χ4n) is 3.05. The fourth-order valence-corrected chi connectivity index (χ4v) is 3.58. The number of hydrogen-bond acceptors (Lipinski definition) is 4. The van der Waals surface area contributed by atoms with Gasteiger partial charge < -0.3 is 10.2 Å². The summed E-state index contributed by atoms with van der Waals surface area (Å²) in [5, 5.41) is 7.98. The quantitative estimate of drug-likeness (QED) is 0.204. The SMILES string of the molecule is O=C(N/N=C\c1ccc(N(CCCl)CCCl)cc1)c1ccccc1Nc1ccc(Cl)cc1. The Morgan fingerprint density at radius 3 is 2.22 bits per heavy atom. The molecule has 166 valence electrons. The van der Waals surface area contributed by atoms with E-state index in [-0.39, 0.29) is 5.91 Å². The van der Waals surface area contributed by atoms with E-state index in [9.17, 15) is 4.79 Å². The lowest BCUT2D eigenvalue weighted by Crippen LogP contribution is -2.27. The minimum Gasteiger partial charge on any atom is -0.369 e. The van der Waals surface area contributed by atoms with E-state index in [1.54, 1.807) is 30.5 Å². The standard InChI is InChI=1S/C24H23Cl3N4O/c25-13-15-31(16-14-26)21-11-5-18(6-12-21)17-28-30-24(32)22-3-1-2-4-23(22)29-20-9-7-19(27)8-10-20/h1-12,17,29H,13-16H2,(H,30,32)/b28-17-. The Kier molecular flexibility index (Phi) is 9.23. The number of anilines is 3. The molecular weight excluding hydrogens is 467 g/mol. The number of carbonyl (C=O) groups excluding carboxylic acids is 1. The van der Waals surface area contributed by atoms with Crippen molar-refractivity contribution in [2.24, 2.45) is 5.10 Å². The molecule has 32 heavy (non-hydrogen) atoms. The number of halogens is 3. The van der Waals surface area contributed by atoms with E-state index >= 15 is 0 Å². The van der Waals surface area contributed by atoms with Gasteiger partial charge in [-0.3, -0.25) is 4.79 Å². The van der Waals surface area contributed by atoms with E-state index in [4.69, 9.17) is 34.8 Å². The average Bonchev–Trinajstić information content (AvgIpc) is 2.81. The van der Waals surface area contributed by atoms with Crippen molar-refractivity contribution in [3.8, 4) is 0 Å². The van der Waals surface area contributed by atoms with Crippen LogP contribution < -0.4 is 15.6 Å². The molecule has 3 aromatic carbocycles. The van der Waals surface area contributed by atoms with Crippen LogP contribution in [0.3, 0.4) is 0 Å². The molecule has 0 aliphatic carbocycles. The van der Waals surface area contributed by atoms with Crippen LogP contribution in [0.25, 0.3) is 0 Å². The maximum absolute atomic E-state index is 12.7. The number of para-hydroxylation sites is 1. The number of amides is 1. The molecular formula is C24H23Cl3N4O. The highest BCUT2D eigenvalue weighted by atomic mass is 35.5. The van der Waals surface area contributed by atoms with Crippen LogP contribution in [-0.4, -0.2) is 37.0 Å². The second kappa shape index (κ2) is 12.3. The number of carbonyl (C=O) groups is 1. The van der Waals surface area contributed by atoms with Crippen molar-refractivity contribution in [2.75, 3.05) is 35.1 Å². The molecule has 8 heteroatoms. The molecule has 0 fully saturated rings. The molecule has 3 rings (SSSR count). The number of rotatable bonds is 10. The van der Waals surface area contributed by atoms with Gasteiger partial charge in [0.2, 0.25) is 0 Å². The first-order valence-corrected chi connectivity index (χ1v) is 11.5. The van der Waals surface area contributed by atoms with Crippen molar-refractivity contribution in [2.45, 2.75) is 0 Å². The molecule has 0 spiro atoms. The lowest BCUT2D eigenvalue weighted by molar-refractivity contribution is 0.0956. The number of hydrogen-bond donors (Lipinski definition) is 2. The van der Waals surface area contributed by atoms with E-state index in [1.807, 2.05) is 48.5 Å². The summed E-state index contributed by atoms with van der Waals surface area (Å²) in [5.74, 6) is 0.742. The molecule has 5 nitrogen and oxygen atoms in total. The van der Waals surface area contributed by atoms with E-state index in [2.05, 4.69) is 20.7 Å². The lowest BCUT2D eigenvalue weighted by Gasteiger charge is -2.22. The van der Waals surface area contributed by atoms with Gasteiger partial charge in [0.25, 0.3) is 5.91 Å². The van der Waals surface area contributed by atoms with Gasteiger partial charge in [0.15, 0.2) is 0 Å². The molecule has 0 unspecified atom stereocenters. The number of hydrazone groups is 1. The predicted octanol–water partition coefficient (Wildman–Crippen LogP) is 6.13. The summed E-state index contributed by atoms with van der Waals surface area (Å²) in [6.45, 7) is 1.45. The summed E-state index contributed by atoms with van der Waals surface area (Å²) in [4.78, 5) is 14.8. The van der Waals surface area contributed by atoms with Crippen LogP contribution in [0.1, 0.15) is 15.9 Å². The van der Waals surface area contributed by atoms with Crippen molar-refractivity contribution in [1.82, 2.24) is 5.43 Å². The Morgan fingerprint density at radius 2 is 1.56 bits per heavy atom. The highest BCUT2D eigenvalue weighted by Gasteiger charge is 2.10. The summed E-state index contributed by atoms with van der Waals surface area (Å²) < 4.78 is 0. The van der Waals surface area contributed by atoms with Crippen molar-refractivity contribution < 1.29 is 4.79 Å². The van der Waals surface area contributed by atoms with Gasteiger partial charge in [0, 0.05) is 41.2 Å². The molecule has 0 saturated heterocycles. The summed E-state index contributed by atoms with van der Waals surface area (Å²) in [6, 6.07) is 22.3. The highest BCUT2D eigenvalue weighted by molar-refractivity contribution is 6.30. The van der Waals surface area contributed by atoms with Crippen molar-refractivity contribution in [3.05, 3.63) is 88.9 Å². The van der Waals surface area contributed by atoms with Crippen molar-refractivity contribution in [3.63, 3.8) is 0 Å². The molecule has 0 heterocycles. The number of benzene rings is 3. The molecule has 1 amide bonds. The first kappa shape index (κ1) is 23.9. The Hall–Kier alpha value is -2.73. The zero-order valence-corrected chi connectivity index (χ0v) is 19.5. The summed E-state index contributed by atoms with van der Waals surface area (Å²) >= 11 is 17.7. The third kappa shape index (κ3) is 6.89. The van der Waals surface area contributed by atoms with Gasteiger partial charge in [-0.1, -0.05) is 35.9 Å². The molecule has 0 aromatic heterocycles. The van der Waals surface area contributed by atoms with Crippen molar-refractivity contribution >= 4 is 64.0 Å². The van der Waals surface area contributed by atoms with Gasteiger partial charge in [0.1, 0.15) is 0 Å². The van der Waals surface area contributed by atoms with Gasteiger partial charge in [-0.25, -0.2) is 5.43 Å². The van der Waals surface area contributed by atoms with Crippen LogP contribution in [0.4, 0.5) is 17.1 Å². The van der Waals surface area contributed by atoms with Crippen LogP contribution in [0.15, 0.2) is 77.9 Å². The predicted molar refractivity (Wildman–Crippen MR) is 136 cm³/mol. The maximum Gasteiger partial charge on any atom is 0.273 e. The summed E-state index contributed by atoms with van der Waals surface area (Å²) in [5.41, 5.74) is 6.46. The molecule has 0 radical (unpaired) electrons. The van der Waals surface area contributed by atoms with E-state index < -0.39 is 0 Å². The van der Waals surface area contributed by atoms with Gasteiger partial charge in [0.05, 0.1) is 17.5 Å². The fraction of sp³-hybridized carbons (Fsp3) is 0.167. The van der Waals surface area contributed by atoms with Gasteiger partial charge >= 0.3 is 0 Å². The van der Waals surface area contributed by atoms with Crippen LogP contribution in [0, 0.1) is 0 Å². The van der Waals surface area contributed by atoms with Gasteiger partial charge in [-0.05, 0) is 54.1 Å². The third-order valence-electron chi connectivity index (χ3n) is 4.64. The monoisotopic (exact) mass is 488 g/mol. The first-order chi connectivity index (χ1) is 15.6. The molecule has 2 N–H and O–H groups in total. The molecule has 0 atom stereocenters. The second-order valence-corrected chi connectivity index (χ2v) is 8.03. The van der Waals surface area contributed by atoms with Gasteiger partial charge in [-0.15, -0.1) is 23.2 Å². The third-order valence-corrected chi connectivity index (χ3v) is 5.23. The Labute approximate surface area is 203 Å². The molecule has 0 saturated carbocycles. The molecule has 0 bridgehead atoms. The maximum atomic E-state index is 12.7. The van der Waals surface area contributed by atoms with Crippen LogP contribution >= 0.6 is 34.8 Å². The van der Waals surface area contributed by atoms with E-state index in [1.165, 1.54) is 0 Å². The van der Waals surface area contributed by atoms with Crippen molar-refractivity contribution in [1.29, 1.82) is 0 Å². The zero-order chi connectivity index (χ0) is 22.8. The van der Waals surface area contributed by atoms with Crippen LogP contribution in [0.2, 0.25) is 5.02 Å². The highest BCUT2D eigenvalue weighted by Crippen LogP contribution is 2.22. The summed E-state index contributed by atoms with van der Waals surface area (Å²) in [6.07, 6.45) is 1.60. The van der Waals surface area contributed by atoms with Gasteiger partial charge in [-0.2, -0.15) is 5.10 Å². The Morgan fingerprint density at radius 1 is 0.906 bits per heavy atom. The second-order valence-electron chi connectivity index (χ2n) is 6.83. The molecule has 3 aromatic rings. The molecule has 0 aliphatic rings. The molecule has 0 aliphatic heterocycles. The van der Waals surface area contributed by atoms with Crippen LogP contribution in [-0.2, 0) is 0 Å². The minimum atomic E-state index is -0.315. The minimum absolute atomic E-state index is 0.315. The number of nitrogens with one attached hydrogen (secondary N) is 2. The zero-order valence-electron chi connectivity index (χ0n) is 17.3. The number of nitrogens with zero attached hydrogens (tertiary/aromatic N) is 2. The summed E-state index contributed by atoms with van der Waals surface area (Å²) in [7, 11) is 0. The normalized spacial score (nSPS) is 10.8. The first-order valence-electron chi connectivity index (χ1n) is 10.0. The topological polar surface area (TPSA) is 56.7 Å². The smallest absolute Gasteiger partial charge is 0.273 e. The van der Waals surface area contributed by atoms with E-state index in [0.717, 1.165) is 30.0 Å².